The monoisotopic (exact) mass is 235 g/mol. The lowest BCUT2D eigenvalue weighted by atomic mass is 10.00. The van der Waals surface area contributed by atoms with Gasteiger partial charge in [0.15, 0.2) is 11.5 Å². The average molecular weight is 235 g/mol. The Morgan fingerprint density at radius 1 is 1.12 bits per heavy atom. The minimum atomic E-state index is 0.263. The molecule has 17 heavy (non-hydrogen) atoms. The summed E-state index contributed by atoms with van der Waals surface area (Å²) in [6.07, 6.45) is 0. The van der Waals surface area contributed by atoms with Crippen LogP contribution in [0, 0.1) is 6.92 Å². The molecule has 0 saturated carbocycles. The van der Waals surface area contributed by atoms with Gasteiger partial charge in [-0.05, 0) is 30.2 Å². The molecule has 2 aliphatic rings. The van der Waals surface area contributed by atoms with Gasteiger partial charge < -0.3 is 19.5 Å². The van der Waals surface area contributed by atoms with E-state index in [0.717, 1.165) is 31.3 Å². The standard InChI is InChI=1S/C13H17NO3/c1-9-6-12-13(17-5-4-16-12)7-10(9)11-8-15-3-2-14-11/h6-7,11,14H,2-5,8H2,1H3. The Hall–Kier alpha value is -1.26. The zero-order chi connectivity index (χ0) is 11.7. The maximum Gasteiger partial charge on any atom is 0.161 e. The van der Waals surface area contributed by atoms with Gasteiger partial charge in [-0.1, -0.05) is 0 Å². The Morgan fingerprint density at radius 3 is 2.59 bits per heavy atom. The van der Waals surface area contributed by atoms with Crippen molar-refractivity contribution in [2.24, 2.45) is 0 Å². The van der Waals surface area contributed by atoms with E-state index in [4.69, 9.17) is 14.2 Å². The number of hydrogen-bond donors (Lipinski definition) is 1. The maximum atomic E-state index is 5.62. The number of morpholine rings is 1. The molecule has 1 saturated heterocycles. The van der Waals surface area contributed by atoms with E-state index in [9.17, 15) is 0 Å². The summed E-state index contributed by atoms with van der Waals surface area (Å²) in [6.45, 7) is 5.78. The van der Waals surface area contributed by atoms with Crippen LogP contribution in [-0.4, -0.2) is 33.0 Å². The van der Waals surface area contributed by atoms with Gasteiger partial charge in [0.1, 0.15) is 13.2 Å². The van der Waals surface area contributed by atoms with E-state index in [1.807, 2.05) is 0 Å². The third kappa shape index (κ3) is 2.10. The van der Waals surface area contributed by atoms with Crippen LogP contribution in [0.5, 0.6) is 11.5 Å². The molecular weight excluding hydrogens is 218 g/mol. The number of ether oxygens (including phenoxy) is 3. The quantitative estimate of drug-likeness (QED) is 0.799. The van der Waals surface area contributed by atoms with E-state index < -0.39 is 0 Å². The fraction of sp³-hybridized carbons (Fsp3) is 0.538. The smallest absolute Gasteiger partial charge is 0.161 e. The topological polar surface area (TPSA) is 39.7 Å². The number of nitrogens with one attached hydrogen (secondary N) is 1. The summed E-state index contributed by atoms with van der Waals surface area (Å²) in [4.78, 5) is 0. The first-order chi connectivity index (χ1) is 8.34. The summed E-state index contributed by atoms with van der Waals surface area (Å²) in [5.74, 6) is 1.71. The second-order valence-electron chi connectivity index (χ2n) is 4.43. The van der Waals surface area contributed by atoms with Crippen molar-refractivity contribution in [3.8, 4) is 11.5 Å². The van der Waals surface area contributed by atoms with Gasteiger partial charge in [0.05, 0.1) is 19.3 Å². The second kappa shape index (κ2) is 4.55. The van der Waals surface area contributed by atoms with Crippen LogP contribution in [0.2, 0.25) is 0 Å². The van der Waals surface area contributed by atoms with E-state index in [1.165, 1.54) is 11.1 Å². The van der Waals surface area contributed by atoms with E-state index in [2.05, 4.69) is 24.4 Å². The van der Waals surface area contributed by atoms with Gasteiger partial charge in [-0.25, -0.2) is 0 Å². The normalized spacial score (nSPS) is 23.5. The fourth-order valence-electron chi connectivity index (χ4n) is 2.35. The molecule has 0 aromatic heterocycles. The van der Waals surface area contributed by atoms with Crippen molar-refractivity contribution < 1.29 is 14.2 Å². The Balaban J connectivity index is 1.93. The summed E-state index contributed by atoms with van der Waals surface area (Å²) >= 11 is 0. The van der Waals surface area contributed by atoms with E-state index >= 15 is 0 Å². The van der Waals surface area contributed by atoms with Crippen molar-refractivity contribution in [1.82, 2.24) is 5.32 Å². The van der Waals surface area contributed by atoms with Gasteiger partial charge in [-0.3, -0.25) is 0 Å². The first-order valence-corrected chi connectivity index (χ1v) is 6.06. The highest BCUT2D eigenvalue weighted by Crippen LogP contribution is 2.35. The molecule has 3 rings (SSSR count). The lowest BCUT2D eigenvalue weighted by Crippen LogP contribution is -2.35. The summed E-state index contributed by atoms with van der Waals surface area (Å²) in [5, 5.41) is 3.46. The summed E-state index contributed by atoms with van der Waals surface area (Å²) in [5.41, 5.74) is 2.46. The van der Waals surface area contributed by atoms with E-state index in [0.29, 0.717) is 13.2 Å². The van der Waals surface area contributed by atoms with Gasteiger partial charge in [-0.2, -0.15) is 0 Å². The van der Waals surface area contributed by atoms with E-state index in [1.54, 1.807) is 0 Å². The molecule has 0 spiro atoms. The molecular formula is C13H17NO3. The molecule has 1 N–H and O–H groups in total. The van der Waals surface area contributed by atoms with Crippen molar-refractivity contribution in [2.75, 3.05) is 33.0 Å². The molecule has 0 aliphatic carbocycles. The van der Waals surface area contributed by atoms with Gasteiger partial charge in [0.25, 0.3) is 0 Å². The van der Waals surface area contributed by atoms with Gasteiger partial charge in [-0.15, -0.1) is 0 Å². The summed E-state index contributed by atoms with van der Waals surface area (Å²) < 4.78 is 16.7. The predicted octanol–water partition coefficient (Wildman–Crippen LogP) is 1.43. The third-order valence-corrected chi connectivity index (χ3v) is 3.23. The Labute approximate surface area is 101 Å². The van der Waals surface area contributed by atoms with Gasteiger partial charge in [0.2, 0.25) is 0 Å². The van der Waals surface area contributed by atoms with Crippen LogP contribution in [0.25, 0.3) is 0 Å². The Kier molecular flexibility index (Phi) is 2.91. The fourth-order valence-corrected chi connectivity index (χ4v) is 2.35. The van der Waals surface area contributed by atoms with Crippen LogP contribution in [0.1, 0.15) is 17.2 Å². The van der Waals surface area contributed by atoms with Gasteiger partial charge in [0, 0.05) is 6.54 Å². The zero-order valence-corrected chi connectivity index (χ0v) is 9.99. The van der Waals surface area contributed by atoms with Crippen LogP contribution >= 0.6 is 0 Å². The Morgan fingerprint density at radius 2 is 1.88 bits per heavy atom. The second-order valence-corrected chi connectivity index (χ2v) is 4.43. The Bertz CT molecular complexity index is 413. The highest BCUT2D eigenvalue weighted by molar-refractivity contribution is 5.48. The molecule has 92 valence electrons. The number of fused-ring (bicyclic) bond motifs is 1. The van der Waals surface area contributed by atoms with Crippen LogP contribution in [0.3, 0.4) is 0 Å². The summed E-state index contributed by atoms with van der Waals surface area (Å²) in [6, 6.07) is 4.40. The molecule has 2 aliphatic heterocycles. The largest absolute Gasteiger partial charge is 0.486 e. The molecule has 4 nitrogen and oxygen atoms in total. The highest BCUT2D eigenvalue weighted by Gasteiger charge is 2.21. The molecule has 0 radical (unpaired) electrons. The van der Waals surface area contributed by atoms with Crippen LogP contribution < -0.4 is 14.8 Å². The molecule has 1 fully saturated rings. The van der Waals surface area contributed by atoms with Crippen LogP contribution in [-0.2, 0) is 4.74 Å². The molecule has 1 atom stereocenters. The molecule has 2 heterocycles. The van der Waals surface area contributed by atoms with Crippen molar-refractivity contribution >= 4 is 0 Å². The lowest BCUT2D eigenvalue weighted by molar-refractivity contribution is 0.0764. The molecule has 1 unspecified atom stereocenters. The molecule has 0 amide bonds. The SMILES string of the molecule is Cc1cc2c(cc1C1COCCN1)OCCO2. The highest BCUT2D eigenvalue weighted by atomic mass is 16.6. The van der Waals surface area contributed by atoms with Crippen molar-refractivity contribution in [3.63, 3.8) is 0 Å². The van der Waals surface area contributed by atoms with Crippen LogP contribution in [0.4, 0.5) is 0 Å². The predicted molar refractivity (Wildman–Crippen MR) is 63.7 cm³/mol. The van der Waals surface area contributed by atoms with Crippen LogP contribution in [0.15, 0.2) is 12.1 Å². The van der Waals surface area contributed by atoms with Crippen molar-refractivity contribution in [2.45, 2.75) is 13.0 Å². The maximum absolute atomic E-state index is 5.62. The minimum absolute atomic E-state index is 0.263. The number of aryl methyl sites for hydroxylation is 1. The zero-order valence-electron chi connectivity index (χ0n) is 9.99. The minimum Gasteiger partial charge on any atom is -0.486 e. The number of rotatable bonds is 1. The first kappa shape index (κ1) is 10.9. The number of benzene rings is 1. The van der Waals surface area contributed by atoms with Crippen molar-refractivity contribution in [1.29, 1.82) is 0 Å². The third-order valence-electron chi connectivity index (χ3n) is 3.23. The molecule has 1 aromatic carbocycles. The van der Waals surface area contributed by atoms with Gasteiger partial charge >= 0.3 is 0 Å². The molecule has 0 bridgehead atoms. The summed E-state index contributed by atoms with van der Waals surface area (Å²) in [7, 11) is 0. The molecule has 1 aromatic rings. The molecule has 4 heteroatoms. The van der Waals surface area contributed by atoms with E-state index in [-0.39, 0.29) is 6.04 Å². The van der Waals surface area contributed by atoms with Crippen molar-refractivity contribution in [3.05, 3.63) is 23.3 Å². The lowest BCUT2D eigenvalue weighted by Gasteiger charge is -2.27. The first-order valence-electron chi connectivity index (χ1n) is 6.06. The average Bonchev–Trinajstić information content (AvgIpc) is 2.39. The number of hydrogen-bond acceptors (Lipinski definition) is 4.